The number of carbonyl (C=O) groups excluding carboxylic acids is 1. The molecular formula is C17H22N4O2. The van der Waals surface area contributed by atoms with Crippen LogP contribution in [0.3, 0.4) is 0 Å². The van der Waals surface area contributed by atoms with E-state index in [0.29, 0.717) is 0 Å². The zero-order valence-corrected chi connectivity index (χ0v) is 13.6. The van der Waals surface area contributed by atoms with E-state index < -0.39 is 0 Å². The SMILES string of the molecule is COc1cccc(-c2cn(C(=O)N(C)N3CCCCC3)cn2)c1. The van der Waals surface area contributed by atoms with Gasteiger partial charge < -0.3 is 4.74 Å². The van der Waals surface area contributed by atoms with E-state index in [2.05, 4.69) is 9.99 Å². The van der Waals surface area contributed by atoms with Gasteiger partial charge in [0.05, 0.1) is 12.8 Å². The van der Waals surface area contributed by atoms with Crippen LogP contribution in [0.15, 0.2) is 36.8 Å². The summed E-state index contributed by atoms with van der Waals surface area (Å²) in [5, 5.41) is 3.78. The smallest absolute Gasteiger partial charge is 0.343 e. The first-order valence-electron chi connectivity index (χ1n) is 7.90. The first-order chi connectivity index (χ1) is 11.2. The number of benzene rings is 1. The first-order valence-corrected chi connectivity index (χ1v) is 7.90. The van der Waals surface area contributed by atoms with Crippen molar-refractivity contribution in [2.24, 2.45) is 0 Å². The van der Waals surface area contributed by atoms with Crippen LogP contribution in [-0.2, 0) is 0 Å². The van der Waals surface area contributed by atoms with E-state index in [1.54, 1.807) is 24.6 Å². The van der Waals surface area contributed by atoms with Gasteiger partial charge in [0.2, 0.25) is 0 Å². The van der Waals surface area contributed by atoms with Crippen LogP contribution >= 0.6 is 0 Å². The molecule has 0 atom stereocenters. The van der Waals surface area contributed by atoms with Crippen LogP contribution in [0.25, 0.3) is 11.3 Å². The highest BCUT2D eigenvalue weighted by atomic mass is 16.5. The predicted octanol–water partition coefficient (Wildman–Crippen LogP) is 2.86. The van der Waals surface area contributed by atoms with E-state index in [1.165, 1.54) is 11.0 Å². The van der Waals surface area contributed by atoms with E-state index >= 15 is 0 Å². The average molecular weight is 314 g/mol. The number of ether oxygens (including phenoxy) is 1. The van der Waals surface area contributed by atoms with Crippen molar-refractivity contribution in [3.63, 3.8) is 0 Å². The minimum absolute atomic E-state index is 0.0893. The predicted molar refractivity (Wildman–Crippen MR) is 88.2 cm³/mol. The number of amides is 1. The molecule has 1 fully saturated rings. The van der Waals surface area contributed by atoms with E-state index in [-0.39, 0.29) is 6.03 Å². The van der Waals surface area contributed by atoms with Gasteiger partial charge in [-0.2, -0.15) is 0 Å². The quantitative estimate of drug-likeness (QED) is 0.874. The van der Waals surface area contributed by atoms with Crippen molar-refractivity contribution in [3.8, 4) is 17.0 Å². The van der Waals surface area contributed by atoms with Crippen molar-refractivity contribution in [1.29, 1.82) is 0 Å². The third-order valence-electron chi connectivity index (χ3n) is 4.20. The molecule has 23 heavy (non-hydrogen) atoms. The third kappa shape index (κ3) is 3.37. The first kappa shape index (κ1) is 15.6. The van der Waals surface area contributed by atoms with E-state index in [9.17, 15) is 4.79 Å². The molecule has 0 bridgehead atoms. The lowest BCUT2D eigenvalue weighted by atomic mass is 10.1. The number of nitrogens with zero attached hydrogens (tertiary/aromatic N) is 4. The number of hydrogen-bond acceptors (Lipinski definition) is 4. The Bertz CT molecular complexity index is 677. The Morgan fingerprint density at radius 3 is 2.78 bits per heavy atom. The number of hydrazine groups is 1. The monoisotopic (exact) mass is 314 g/mol. The molecule has 0 spiro atoms. The van der Waals surface area contributed by atoms with Gasteiger partial charge in [-0.3, -0.25) is 9.58 Å². The highest BCUT2D eigenvalue weighted by Crippen LogP contribution is 2.22. The molecule has 1 aliphatic heterocycles. The van der Waals surface area contributed by atoms with Gasteiger partial charge in [0.1, 0.15) is 12.1 Å². The molecular weight excluding hydrogens is 292 g/mol. The van der Waals surface area contributed by atoms with Gasteiger partial charge in [0.15, 0.2) is 0 Å². The summed E-state index contributed by atoms with van der Waals surface area (Å²) in [5.74, 6) is 0.772. The van der Waals surface area contributed by atoms with Gasteiger partial charge in [-0.1, -0.05) is 18.6 Å². The van der Waals surface area contributed by atoms with Gasteiger partial charge in [0.25, 0.3) is 0 Å². The van der Waals surface area contributed by atoms with Crippen LogP contribution in [0.5, 0.6) is 5.75 Å². The summed E-state index contributed by atoms with van der Waals surface area (Å²) in [7, 11) is 3.45. The van der Waals surface area contributed by atoms with Crippen LogP contribution in [0.2, 0.25) is 0 Å². The molecule has 0 saturated carbocycles. The molecule has 122 valence electrons. The Morgan fingerprint density at radius 2 is 2.04 bits per heavy atom. The zero-order chi connectivity index (χ0) is 16.2. The molecule has 3 rings (SSSR count). The summed E-state index contributed by atoms with van der Waals surface area (Å²) in [4.78, 5) is 16.9. The van der Waals surface area contributed by atoms with Crippen molar-refractivity contribution in [2.45, 2.75) is 19.3 Å². The topological polar surface area (TPSA) is 50.6 Å². The molecule has 6 nitrogen and oxygen atoms in total. The van der Waals surface area contributed by atoms with Crippen molar-refractivity contribution in [2.75, 3.05) is 27.2 Å². The third-order valence-corrected chi connectivity index (χ3v) is 4.20. The van der Waals surface area contributed by atoms with Crippen molar-refractivity contribution >= 4 is 6.03 Å². The molecule has 0 N–H and O–H groups in total. The molecule has 1 aromatic heterocycles. The van der Waals surface area contributed by atoms with Crippen LogP contribution < -0.4 is 4.74 Å². The molecule has 2 heterocycles. The van der Waals surface area contributed by atoms with Crippen molar-refractivity contribution < 1.29 is 9.53 Å². The fourth-order valence-corrected chi connectivity index (χ4v) is 2.82. The highest BCUT2D eigenvalue weighted by molar-refractivity contribution is 5.77. The van der Waals surface area contributed by atoms with Gasteiger partial charge >= 0.3 is 6.03 Å². The summed E-state index contributed by atoms with van der Waals surface area (Å²) in [6.07, 6.45) is 6.84. The Hall–Kier alpha value is -2.34. The summed E-state index contributed by atoms with van der Waals surface area (Å²) >= 11 is 0. The maximum absolute atomic E-state index is 12.6. The number of carbonyl (C=O) groups is 1. The second kappa shape index (κ2) is 6.83. The number of aromatic nitrogens is 2. The van der Waals surface area contributed by atoms with E-state index in [0.717, 1.165) is 42.9 Å². The number of methoxy groups -OCH3 is 1. The standard InChI is InChI=1S/C17H22N4O2/c1-19(21-9-4-3-5-10-21)17(22)20-12-16(18-13-20)14-7-6-8-15(11-14)23-2/h6-8,11-13H,3-5,9-10H2,1-2H3. The van der Waals surface area contributed by atoms with Gasteiger partial charge in [0, 0.05) is 31.9 Å². The van der Waals surface area contributed by atoms with E-state index in [1.807, 2.05) is 31.3 Å². The van der Waals surface area contributed by atoms with Crippen LogP contribution in [0.4, 0.5) is 4.79 Å². The average Bonchev–Trinajstić information content (AvgIpc) is 3.11. The summed E-state index contributed by atoms with van der Waals surface area (Å²) < 4.78 is 6.76. The Kier molecular flexibility index (Phi) is 4.62. The lowest BCUT2D eigenvalue weighted by molar-refractivity contribution is 0.0196. The normalized spacial score (nSPS) is 15.4. The number of hydrogen-bond donors (Lipinski definition) is 0. The van der Waals surface area contributed by atoms with Gasteiger partial charge in [-0.05, 0) is 25.0 Å². The van der Waals surface area contributed by atoms with Crippen LogP contribution in [-0.4, -0.2) is 52.8 Å². The largest absolute Gasteiger partial charge is 0.497 e. The molecule has 0 aliphatic carbocycles. The summed E-state index contributed by atoms with van der Waals surface area (Å²) in [6.45, 7) is 1.86. The molecule has 0 radical (unpaired) electrons. The van der Waals surface area contributed by atoms with Gasteiger partial charge in [-0.25, -0.2) is 14.8 Å². The molecule has 6 heteroatoms. The molecule has 0 unspecified atom stereocenters. The summed E-state index contributed by atoms with van der Waals surface area (Å²) in [6, 6.07) is 7.57. The maximum atomic E-state index is 12.6. The Labute approximate surface area is 136 Å². The fraction of sp³-hybridized carbons (Fsp3) is 0.412. The molecule has 1 aliphatic rings. The highest BCUT2D eigenvalue weighted by Gasteiger charge is 2.21. The molecule has 1 aromatic carbocycles. The second-order valence-electron chi connectivity index (χ2n) is 5.72. The minimum Gasteiger partial charge on any atom is -0.497 e. The molecule has 1 amide bonds. The maximum Gasteiger partial charge on any atom is 0.343 e. The van der Waals surface area contributed by atoms with E-state index in [4.69, 9.17) is 4.74 Å². The molecule has 2 aromatic rings. The van der Waals surface area contributed by atoms with Crippen molar-refractivity contribution in [1.82, 2.24) is 19.6 Å². The minimum atomic E-state index is -0.0893. The zero-order valence-electron chi connectivity index (χ0n) is 13.6. The van der Waals surface area contributed by atoms with Crippen molar-refractivity contribution in [3.05, 3.63) is 36.8 Å². The lowest BCUT2D eigenvalue weighted by Crippen LogP contribution is -2.47. The summed E-state index contributed by atoms with van der Waals surface area (Å²) in [5.41, 5.74) is 1.68. The second-order valence-corrected chi connectivity index (χ2v) is 5.72. The number of rotatable bonds is 3. The lowest BCUT2D eigenvalue weighted by Gasteiger charge is -2.34. The number of piperidine rings is 1. The van der Waals surface area contributed by atoms with Crippen LogP contribution in [0.1, 0.15) is 19.3 Å². The van der Waals surface area contributed by atoms with Crippen LogP contribution in [0, 0.1) is 0 Å². The molecule has 1 saturated heterocycles. The Morgan fingerprint density at radius 1 is 1.26 bits per heavy atom. The number of imidazole rings is 1. The fourth-order valence-electron chi connectivity index (χ4n) is 2.82. The Balaban J connectivity index is 1.76. The van der Waals surface area contributed by atoms with Gasteiger partial charge in [-0.15, -0.1) is 0 Å².